The zero-order valence-corrected chi connectivity index (χ0v) is 12.3. The number of nitrogens with zero attached hydrogens (tertiary/aromatic N) is 3. The zero-order chi connectivity index (χ0) is 13.6. The predicted octanol–water partition coefficient (Wildman–Crippen LogP) is 3.36. The fourth-order valence-electron chi connectivity index (χ4n) is 2.08. The van der Waals surface area contributed by atoms with Crippen LogP contribution in [0.15, 0.2) is 35.1 Å². The Bertz CT molecular complexity index is 759. The number of hydrogen-bond acceptors (Lipinski definition) is 3. The molecule has 0 bridgehead atoms. The van der Waals surface area contributed by atoms with Gasteiger partial charge in [0.15, 0.2) is 0 Å². The van der Waals surface area contributed by atoms with Crippen molar-refractivity contribution in [3.63, 3.8) is 0 Å². The summed E-state index contributed by atoms with van der Waals surface area (Å²) in [5.41, 5.74) is 10.7. The minimum absolute atomic E-state index is 0.607. The van der Waals surface area contributed by atoms with E-state index in [1.54, 1.807) is 0 Å². The fraction of sp³-hybridized carbons (Fsp3) is 0.143. The third-order valence-corrected chi connectivity index (χ3v) is 3.50. The Hall–Kier alpha value is -1.88. The van der Waals surface area contributed by atoms with Gasteiger partial charge in [-0.2, -0.15) is 0 Å². The Morgan fingerprint density at radius 3 is 2.74 bits per heavy atom. The number of imidazole rings is 1. The second kappa shape index (κ2) is 4.35. The Morgan fingerprint density at radius 2 is 2.05 bits per heavy atom. The molecule has 4 nitrogen and oxygen atoms in total. The smallest absolute Gasteiger partial charge is 0.142 e. The van der Waals surface area contributed by atoms with Crippen molar-refractivity contribution in [2.45, 2.75) is 13.8 Å². The van der Waals surface area contributed by atoms with Gasteiger partial charge in [0.2, 0.25) is 0 Å². The van der Waals surface area contributed by atoms with Crippen molar-refractivity contribution < 1.29 is 0 Å². The zero-order valence-electron chi connectivity index (χ0n) is 10.7. The number of fused-ring (bicyclic) bond motifs is 1. The third kappa shape index (κ3) is 2.00. The molecule has 3 aromatic rings. The summed E-state index contributed by atoms with van der Waals surface area (Å²) in [6.07, 6.45) is 3.74. The van der Waals surface area contributed by atoms with Gasteiger partial charge in [-0.15, -0.1) is 0 Å². The highest BCUT2D eigenvalue weighted by atomic mass is 79.9. The molecule has 3 rings (SSSR count). The Balaban J connectivity index is 2.28. The van der Waals surface area contributed by atoms with Crippen LogP contribution in [0.1, 0.15) is 11.1 Å². The van der Waals surface area contributed by atoms with E-state index in [1.165, 1.54) is 0 Å². The van der Waals surface area contributed by atoms with Gasteiger partial charge in [-0.25, -0.2) is 4.98 Å². The van der Waals surface area contributed by atoms with Crippen LogP contribution >= 0.6 is 15.9 Å². The second-order valence-electron chi connectivity index (χ2n) is 4.60. The Kier molecular flexibility index (Phi) is 2.78. The number of aromatic nitrogens is 3. The lowest BCUT2D eigenvalue weighted by Gasteiger charge is -2.01. The van der Waals surface area contributed by atoms with Crippen LogP contribution in [-0.4, -0.2) is 14.4 Å². The van der Waals surface area contributed by atoms with Crippen molar-refractivity contribution in [2.24, 2.45) is 0 Å². The van der Waals surface area contributed by atoms with E-state index < -0.39 is 0 Å². The van der Waals surface area contributed by atoms with Crippen molar-refractivity contribution in [1.82, 2.24) is 14.4 Å². The van der Waals surface area contributed by atoms with E-state index in [9.17, 15) is 0 Å². The second-order valence-corrected chi connectivity index (χ2v) is 5.52. The van der Waals surface area contributed by atoms with E-state index >= 15 is 0 Å². The highest BCUT2D eigenvalue weighted by Crippen LogP contribution is 2.28. The van der Waals surface area contributed by atoms with Gasteiger partial charge in [-0.3, -0.25) is 9.38 Å². The molecule has 0 atom stereocenters. The maximum absolute atomic E-state index is 6.19. The van der Waals surface area contributed by atoms with Crippen LogP contribution in [0.4, 0.5) is 5.82 Å². The normalized spacial score (nSPS) is 11.1. The van der Waals surface area contributed by atoms with Gasteiger partial charge in [0, 0.05) is 16.9 Å². The summed E-state index contributed by atoms with van der Waals surface area (Å²) in [6.45, 7) is 4.02. The molecular formula is C14H13BrN4. The van der Waals surface area contributed by atoms with Crippen molar-refractivity contribution in [3.8, 4) is 11.4 Å². The fourth-order valence-corrected chi connectivity index (χ4v) is 2.63. The minimum Gasteiger partial charge on any atom is -0.383 e. The average Bonchev–Trinajstić information content (AvgIpc) is 2.69. The highest BCUT2D eigenvalue weighted by molar-refractivity contribution is 9.10. The monoisotopic (exact) mass is 316 g/mol. The summed E-state index contributed by atoms with van der Waals surface area (Å²) < 4.78 is 2.86. The van der Waals surface area contributed by atoms with Crippen LogP contribution in [0.25, 0.3) is 17.0 Å². The van der Waals surface area contributed by atoms with Crippen LogP contribution in [0.5, 0.6) is 0 Å². The van der Waals surface area contributed by atoms with Gasteiger partial charge < -0.3 is 5.73 Å². The number of anilines is 1. The number of aryl methyl sites for hydroxylation is 2. The molecule has 0 saturated carbocycles. The van der Waals surface area contributed by atoms with Crippen LogP contribution in [0.3, 0.4) is 0 Å². The summed E-state index contributed by atoms with van der Waals surface area (Å²) in [4.78, 5) is 9.00. The van der Waals surface area contributed by atoms with Gasteiger partial charge >= 0.3 is 0 Å². The van der Waals surface area contributed by atoms with Crippen LogP contribution in [0, 0.1) is 13.8 Å². The maximum Gasteiger partial charge on any atom is 0.142 e. The van der Waals surface area contributed by atoms with Gasteiger partial charge in [0.1, 0.15) is 17.2 Å². The van der Waals surface area contributed by atoms with Gasteiger partial charge in [0.25, 0.3) is 0 Å². The summed E-state index contributed by atoms with van der Waals surface area (Å²) in [5.74, 6) is 0.607. The SMILES string of the molecule is Cc1ccc(-c2nc3c(C)cc(Br)cn3c2N)nc1. The molecule has 0 amide bonds. The number of rotatable bonds is 1. The molecule has 0 aliphatic heterocycles. The summed E-state index contributed by atoms with van der Waals surface area (Å²) in [7, 11) is 0. The molecule has 5 heteroatoms. The maximum atomic E-state index is 6.19. The first kappa shape index (κ1) is 12.2. The van der Waals surface area contributed by atoms with Crippen LogP contribution in [-0.2, 0) is 0 Å². The predicted molar refractivity (Wildman–Crippen MR) is 80.0 cm³/mol. The van der Waals surface area contributed by atoms with Gasteiger partial charge in [-0.1, -0.05) is 6.07 Å². The van der Waals surface area contributed by atoms with E-state index in [1.807, 2.05) is 48.8 Å². The molecule has 0 radical (unpaired) electrons. The van der Waals surface area contributed by atoms with Crippen molar-refractivity contribution in [2.75, 3.05) is 5.73 Å². The number of hydrogen-bond donors (Lipinski definition) is 1. The number of nitrogen functional groups attached to an aromatic ring is 1. The molecule has 0 saturated heterocycles. The standard InChI is InChI=1S/C14H13BrN4/c1-8-3-4-11(17-6-8)12-13(16)19-7-10(15)5-9(2)14(19)18-12/h3-7H,16H2,1-2H3. The molecule has 0 aliphatic rings. The first-order valence-corrected chi connectivity index (χ1v) is 6.72. The van der Waals surface area contributed by atoms with Crippen LogP contribution < -0.4 is 5.73 Å². The van der Waals surface area contributed by atoms with E-state index in [-0.39, 0.29) is 0 Å². The summed E-state index contributed by atoms with van der Waals surface area (Å²) >= 11 is 3.47. The Morgan fingerprint density at radius 1 is 1.26 bits per heavy atom. The first-order chi connectivity index (χ1) is 9.06. The van der Waals surface area contributed by atoms with E-state index in [2.05, 4.69) is 25.9 Å². The van der Waals surface area contributed by atoms with E-state index in [0.717, 1.165) is 32.6 Å². The van der Waals surface area contributed by atoms with Gasteiger partial charge in [-0.05, 0) is 53.0 Å². The molecule has 0 unspecified atom stereocenters. The number of halogens is 1. The molecule has 3 heterocycles. The summed E-state index contributed by atoms with van der Waals surface area (Å²) in [5, 5.41) is 0. The summed E-state index contributed by atoms with van der Waals surface area (Å²) in [6, 6.07) is 5.97. The molecular weight excluding hydrogens is 304 g/mol. The molecule has 0 spiro atoms. The third-order valence-electron chi connectivity index (χ3n) is 3.06. The molecule has 2 N–H and O–H groups in total. The minimum atomic E-state index is 0.607. The van der Waals surface area contributed by atoms with Crippen molar-refractivity contribution >= 4 is 27.4 Å². The topological polar surface area (TPSA) is 56.2 Å². The number of nitrogens with two attached hydrogens (primary N) is 1. The molecule has 3 aromatic heterocycles. The molecule has 19 heavy (non-hydrogen) atoms. The lowest BCUT2D eigenvalue weighted by Crippen LogP contribution is -1.95. The lowest BCUT2D eigenvalue weighted by molar-refractivity contribution is 1.16. The quantitative estimate of drug-likeness (QED) is 0.749. The van der Waals surface area contributed by atoms with Crippen molar-refractivity contribution in [3.05, 3.63) is 46.2 Å². The Labute approximate surface area is 119 Å². The molecule has 0 aromatic carbocycles. The molecule has 96 valence electrons. The van der Waals surface area contributed by atoms with E-state index in [4.69, 9.17) is 5.73 Å². The lowest BCUT2D eigenvalue weighted by atomic mass is 10.2. The average molecular weight is 317 g/mol. The van der Waals surface area contributed by atoms with E-state index in [0.29, 0.717) is 5.82 Å². The molecule has 0 fully saturated rings. The number of pyridine rings is 2. The molecule has 0 aliphatic carbocycles. The van der Waals surface area contributed by atoms with Crippen molar-refractivity contribution in [1.29, 1.82) is 0 Å². The van der Waals surface area contributed by atoms with Gasteiger partial charge in [0.05, 0.1) is 5.69 Å². The highest BCUT2D eigenvalue weighted by Gasteiger charge is 2.14. The first-order valence-electron chi connectivity index (χ1n) is 5.93. The largest absolute Gasteiger partial charge is 0.383 e. The van der Waals surface area contributed by atoms with Crippen LogP contribution in [0.2, 0.25) is 0 Å².